The maximum atomic E-state index is 13.1. The fraction of sp³-hybridized carbons (Fsp3) is 0.533. The number of hydrogen-bond donors (Lipinski definition) is 3. The minimum absolute atomic E-state index is 0.324. The molecule has 8 heteroatoms. The first kappa shape index (κ1) is 28.4. The molecule has 0 bridgehead atoms. The van der Waals surface area contributed by atoms with Crippen LogP contribution in [-0.2, 0) is 27.0 Å². The Morgan fingerprint density at radius 2 is 1.97 bits per heavy atom. The Hall–Kier alpha value is -2.61. The average molecular weight is 543 g/mol. The van der Waals surface area contributed by atoms with Crippen LogP contribution in [0, 0.1) is 0 Å². The van der Waals surface area contributed by atoms with E-state index in [1.165, 1.54) is 5.56 Å². The zero-order chi connectivity index (χ0) is 27.7. The molecule has 1 heterocycles. The average Bonchev–Trinajstić information content (AvgIpc) is 2.89. The number of likely N-dealkylation sites (tertiary alicyclic amines) is 1. The molecule has 1 unspecified atom stereocenters. The number of amides is 2. The molecule has 7 nitrogen and oxygen atoms in total. The number of fused-ring (bicyclic) bond motifs is 2. The predicted octanol–water partition coefficient (Wildman–Crippen LogP) is 4.93. The van der Waals surface area contributed by atoms with Gasteiger partial charge in [0.05, 0.1) is 0 Å². The molecule has 38 heavy (non-hydrogen) atoms. The van der Waals surface area contributed by atoms with Crippen molar-refractivity contribution in [1.29, 1.82) is 0 Å². The number of rotatable bonds is 7. The molecule has 1 spiro atoms. The lowest BCUT2D eigenvalue weighted by Gasteiger charge is -2.61. The second kappa shape index (κ2) is 10.9. The molecule has 4 rings (SSSR count). The van der Waals surface area contributed by atoms with E-state index in [0.717, 1.165) is 41.5 Å². The summed E-state index contributed by atoms with van der Waals surface area (Å²) in [5.74, 6) is -0.449. The van der Waals surface area contributed by atoms with E-state index in [-0.39, 0.29) is 6.09 Å². The van der Waals surface area contributed by atoms with E-state index in [2.05, 4.69) is 24.4 Å². The van der Waals surface area contributed by atoms with Crippen molar-refractivity contribution in [2.24, 2.45) is 0 Å². The number of ether oxygens (including phenoxy) is 1. The van der Waals surface area contributed by atoms with Gasteiger partial charge < -0.3 is 25.2 Å². The molecule has 2 atom stereocenters. The number of aryl methyl sites for hydroxylation is 1. The van der Waals surface area contributed by atoms with Gasteiger partial charge in [0.2, 0.25) is 5.91 Å². The highest BCUT2D eigenvalue weighted by Gasteiger charge is 2.64. The summed E-state index contributed by atoms with van der Waals surface area (Å²) < 4.78 is 5.68. The second-order valence-corrected chi connectivity index (χ2v) is 11.9. The topological polar surface area (TPSA) is 99.1 Å². The third-order valence-corrected chi connectivity index (χ3v) is 8.14. The molecule has 2 aromatic carbocycles. The molecule has 1 fully saturated rings. The van der Waals surface area contributed by atoms with Gasteiger partial charge in [0.25, 0.3) is 0 Å². The molecule has 1 aliphatic heterocycles. The smallest absolute Gasteiger partial charge is 0.410 e. The Morgan fingerprint density at radius 3 is 2.66 bits per heavy atom. The number of hydrogen-bond acceptors (Lipinski definition) is 5. The van der Waals surface area contributed by atoms with Crippen molar-refractivity contribution in [2.45, 2.75) is 76.4 Å². The number of aliphatic hydroxyl groups excluding tert-OH is 1. The maximum Gasteiger partial charge on any atom is 0.410 e. The van der Waals surface area contributed by atoms with Crippen LogP contribution in [0.1, 0.15) is 70.1 Å². The van der Waals surface area contributed by atoms with Gasteiger partial charge in [0.15, 0.2) is 0 Å². The van der Waals surface area contributed by atoms with Gasteiger partial charge in [-0.3, -0.25) is 4.79 Å². The van der Waals surface area contributed by atoms with Crippen molar-refractivity contribution >= 4 is 23.6 Å². The molecular formula is C30H39ClN2O5. The summed E-state index contributed by atoms with van der Waals surface area (Å²) >= 11 is 6.81. The van der Waals surface area contributed by atoms with Crippen molar-refractivity contribution in [1.82, 2.24) is 10.2 Å². The van der Waals surface area contributed by atoms with Gasteiger partial charge in [-0.05, 0) is 81.2 Å². The summed E-state index contributed by atoms with van der Waals surface area (Å²) in [6, 6.07) is 12.1. The number of piperidine rings is 1. The SMILES string of the molecule is CCc1cccc(-c2c(Cl)ccc3c2C(O)(CCCNC(=O)CO)[C@@]32CCCN(C(=O)OC(C)(C)C)C2)c1. The van der Waals surface area contributed by atoms with E-state index in [0.29, 0.717) is 37.5 Å². The van der Waals surface area contributed by atoms with Crippen molar-refractivity contribution in [3.8, 4) is 11.1 Å². The molecule has 206 valence electrons. The fourth-order valence-corrected chi connectivity index (χ4v) is 6.39. The van der Waals surface area contributed by atoms with E-state index in [1.54, 1.807) is 4.90 Å². The minimum Gasteiger partial charge on any atom is -0.444 e. The summed E-state index contributed by atoms with van der Waals surface area (Å²) in [4.78, 5) is 26.4. The Bertz CT molecular complexity index is 1210. The van der Waals surface area contributed by atoms with Crippen molar-refractivity contribution in [3.63, 3.8) is 0 Å². The number of nitrogens with zero attached hydrogens (tertiary/aromatic N) is 1. The van der Waals surface area contributed by atoms with Crippen LogP contribution in [0.2, 0.25) is 5.02 Å². The molecule has 2 aliphatic rings. The lowest BCUT2D eigenvalue weighted by atomic mass is 9.48. The highest BCUT2D eigenvalue weighted by molar-refractivity contribution is 6.33. The van der Waals surface area contributed by atoms with Crippen LogP contribution in [0.5, 0.6) is 0 Å². The highest BCUT2D eigenvalue weighted by Crippen LogP contribution is 2.64. The summed E-state index contributed by atoms with van der Waals surface area (Å²) in [6.07, 6.45) is 2.81. The van der Waals surface area contributed by atoms with Crippen LogP contribution in [0.4, 0.5) is 4.79 Å². The number of nitrogens with one attached hydrogen (secondary N) is 1. The van der Waals surface area contributed by atoms with Gasteiger partial charge in [-0.1, -0.05) is 48.9 Å². The number of halogens is 1. The molecule has 0 aromatic heterocycles. The van der Waals surface area contributed by atoms with E-state index < -0.39 is 29.1 Å². The van der Waals surface area contributed by atoms with Gasteiger partial charge >= 0.3 is 6.09 Å². The van der Waals surface area contributed by atoms with E-state index in [4.69, 9.17) is 21.4 Å². The fourth-order valence-electron chi connectivity index (χ4n) is 6.12. The third-order valence-electron chi connectivity index (χ3n) is 7.82. The van der Waals surface area contributed by atoms with Crippen LogP contribution in [0.15, 0.2) is 36.4 Å². The van der Waals surface area contributed by atoms with Gasteiger partial charge in [-0.2, -0.15) is 0 Å². The van der Waals surface area contributed by atoms with Crippen LogP contribution < -0.4 is 5.32 Å². The van der Waals surface area contributed by atoms with E-state index in [1.807, 2.05) is 45.0 Å². The lowest BCUT2D eigenvalue weighted by Crippen LogP contribution is -2.66. The normalized spacial score (nSPS) is 22.6. The van der Waals surface area contributed by atoms with E-state index >= 15 is 0 Å². The molecule has 0 saturated carbocycles. The maximum absolute atomic E-state index is 13.1. The molecule has 2 amide bonds. The predicted molar refractivity (Wildman–Crippen MR) is 148 cm³/mol. The van der Waals surface area contributed by atoms with E-state index in [9.17, 15) is 14.7 Å². The third kappa shape index (κ3) is 5.16. The lowest BCUT2D eigenvalue weighted by molar-refractivity contribution is -0.124. The Kier molecular flexibility index (Phi) is 8.12. The number of carbonyl (C=O) groups excluding carboxylic acids is 2. The number of carbonyl (C=O) groups is 2. The Labute approximate surface area is 230 Å². The molecule has 1 saturated heterocycles. The number of benzene rings is 2. The van der Waals surface area contributed by atoms with Crippen LogP contribution >= 0.6 is 11.6 Å². The molecular weight excluding hydrogens is 504 g/mol. The second-order valence-electron chi connectivity index (χ2n) is 11.5. The van der Waals surface area contributed by atoms with Crippen LogP contribution in [0.3, 0.4) is 0 Å². The Morgan fingerprint density at radius 1 is 1.21 bits per heavy atom. The minimum atomic E-state index is -1.27. The van der Waals surface area contributed by atoms with Gasteiger partial charge in [0, 0.05) is 35.6 Å². The first-order chi connectivity index (χ1) is 18.0. The zero-order valence-corrected chi connectivity index (χ0v) is 23.5. The highest BCUT2D eigenvalue weighted by atomic mass is 35.5. The Balaban J connectivity index is 1.77. The van der Waals surface area contributed by atoms with Gasteiger partial charge in [0.1, 0.15) is 17.8 Å². The van der Waals surface area contributed by atoms with Gasteiger partial charge in [-0.25, -0.2) is 4.79 Å². The summed E-state index contributed by atoms with van der Waals surface area (Å²) in [5.41, 5.74) is 2.19. The zero-order valence-electron chi connectivity index (χ0n) is 22.8. The van der Waals surface area contributed by atoms with Crippen molar-refractivity contribution < 1.29 is 24.5 Å². The van der Waals surface area contributed by atoms with Crippen LogP contribution in [-0.4, -0.2) is 59.0 Å². The number of aliphatic hydroxyl groups is 2. The largest absolute Gasteiger partial charge is 0.444 e. The molecule has 1 aliphatic carbocycles. The van der Waals surface area contributed by atoms with Crippen molar-refractivity contribution in [3.05, 3.63) is 58.1 Å². The summed E-state index contributed by atoms with van der Waals surface area (Å²) in [6.45, 7) is 8.29. The molecule has 2 aromatic rings. The molecule has 0 radical (unpaired) electrons. The quantitative estimate of drug-likeness (QED) is 0.431. The summed E-state index contributed by atoms with van der Waals surface area (Å²) in [7, 11) is 0. The monoisotopic (exact) mass is 542 g/mol. The standard InChI is InChI=1S/C30H39ClN2O5/c1-5-20-9-6-10-21(17-20)25-23(31)12-11-22-26(25)30(37,14-7-15-32-24(35)18-34)29(22)13-8-16-33(19-29)27(36)38-28(2,3)4/h6,9-12,17,34,37H,5,7-8,13-16,18-19H2,1-4H3,(H,32,35)/t29-,30?/m1/s1. The first-order valence-electron chi connectivity index (χ1n) is 13.5. The first-order valence-corrected chi connectivity index (χ1v) is 13.8. The van der Waals surface area contributed by atoms with Crippen LogP contribution in [0.25, 0.3) is 11.1 Å². The summed E-state index contributed by atoms with van der Waals surface area (Å²) in [5, 5.41) is 24.9. The molecule has 3 N–H and O–H groups in total. The van der Waals surface area contributed by atoms with Crippen molar-refractivity contribution in [2.75, 3.05) is 26.2 Å². The van der Waals surface area contributed by atoms with Gasteiger partial charge in [-0.15, -0.1) is 0 Å².